The van der Waals surface area contributed by atoms with Crippen molar-refractivity contribution in [3.05, 3.63) is 79.9 Å². The Hall–Kier alpha value is -2.24. The van der Waals surface area contributed by atoms with E-state index < -0.39 is 32.3 Å². The first-order valence-electron chi connectivity index (χ1n) is 6.65. The topological polar surface area (TPSA) is 105 Å². The third-order valence-electron chi connectivity index (χ3n) is 3.27. The Balaban J connectivity index is 2.67. The molecule has 0 fully saturated rings. The maximum atomic E-state index is 11.0. The third kappa shape index (κ3) is 3.94. The predicted octanol–water partition coefficient (Wildman–Crippen LogP) is 1.28. The Morgan fingerprint density at radius 2 is 1.04 bits per heavy atom. The molecule has 23 heavy (non-hydrogen) atoms. The zero-order chi connectivity index (χ0) is 17.0. The van der Waals surface area contributed by atoms with Crippen molar-refractivity contribution in [2.45, 2.75) is 13.8 Å². The number of aryl methyl sites for hydroxylation is 2. The van der Waals surface area contributed by atoms with Crippen LogP contribution in [0.5, 0.6) is 0 Å². The van der Waals surface area contributed by atoms with E-state index in [0.29, 0.717) is 6.25 Å². The molecule has 8 nitrogen and oxygen atoms in total. The van der Waals surface area contributed by atoms with E-state index in [0.717, 1.165) is 11.1 Å². The summed E-state index contributed by atoms with van der Waals surface area (Å²) in [5, 5.41) is 20.0. The summed E-state index contributed by atoms with van der Waals surface area (Å²) in [5.41, 5.74) is 1.84. The molecule has 0 aliphatic rings. The van der Waals surface area contributed by atoms with Gasteiger partial charge in [-0.05, 0) is 0 Å². The van der Waals surface area contributed by atoms with Crippen LogP contribution in [-0.2, 0) is 5.58 Å². The van der Waals surface area contributed by atoms with Crippen molar-refractivity contribution >= 4 is 28.3 Å². The Morgan fingerprint density at radius 1 is 0.739 bits per heavy atom. The first kappa shape index (κ1) is 17.1. The van der Waals surface area contributed by atoms with E-state index in [-0.39, 0.29) is 0 Å². The fourth-order valence-electron chi connectivity index (χ4n) is 2.15. The molecular formula is C14H14N2O6Pb. The SMILES string of the molecule is Cc1cc[c]([Pb]([O][N+](=O)[O-])([O][N+](=O)[O-])[c]2ccc(C)cc2)cc1. The van der Waals surface area contributed by atoms with Crippen molar-refractivity contribution in [1.82, 2.24) is 0 Å². The molecule has 0 unspecified atom stereocenters. The van der Waals surface area contributed by atoms with Crippen molar-refractivity contribution in [3.63, 3.8) is 0 Å². The van der Waals surface area contributed by atoms with E-state index in [9.17, 15) is 20.2 Å². The van der Waals surface area contributed by atoms with Gasteiger partial charge in [-0.15, -0.1) is 0 Å². The van der Waals surface area contributed by atoms with Gasteiger partial charge >= 0.3 is 138 Å². The second-order valence-corrected chi connectivity index (χ2v) is 15.7. The second kappa shape index (κ2) is 6.90. The number of benzene rings is 2. The van der Waals surface area contributed by atoms with Crippen molar-refractivity contribution in [2.75, 3.05) is 0 Å². The number of rotatable bonds is 6. The zero-order valence-electron chi connectivity index (χ0n) is 12.5. The summed E-state index contributed by atoms with van der Waals surface area (Å²) in [6.45, 7) is 3.69. The Labute approximate surface area is 137 Å². The van der Waals surface area contributed by atoms with E-state index in [2.05, 4.69) is 0 Å². The molecule has 0 amide bonds. The van der Waals surface area contributed by atoms with Crippen LogP contribution in [0.1, 0.15) is 11.1 Å². The van der Waals surface area contributed by atoms with Gasteiger partial charge in [0.15, 0.2) is 0 Å². The molecule has 0 N–H and O–H groups in total. The van der Waals surface area contributed by atoms with Crippen LogP contribution in [0, 0.1) is 34.1 Å². The van der Waals surface area contributed by atoms with Crippen LogP contribution in [0.4, 0.5) is 0 Å². The summed E-state index contributed by atoms with van der Waals surface area (Å²) >= 11 is -5.22. The van der Waals surface area contributed by atoms with Crippen LogP contribution in [0.2, 0.25) is 0 Å². The average Bonchev–Trinajstić information content (AvgIpc) is 2.46. The molecule has 0 aliphatic heterocycles. The Kier molecular flexibility index (Phi) is 5.13. The van der Waals surface area contributed by atoms with Crippen molar-refractivity contribution < 1.29 is 15.7 Å². The zero-order valence-corrected chi connectivity index (χ0v) is 16.4. The molecule has 9 heteroatoms. The molecule has 120 valence electrons. The molecule has 0 saturated carbocycles. The summed E-state index contributed by atoms with van der Waals surface area (Å²) in [6, 6.07) is 13.2. The van der Waals surface area contributed by atoms with Crippen LogP contribution < -0.4 is 6.25 Å². The Morgan fingerprint density at radius 3 is 1.30 bits per heavy atom. The van der Waals surface area contributed by atoms with E-state index >= 15 is 0 Å². The second-order valence-electron chi connectivity index (χ2n) is 4.98. The molecule has 0 aromatic heterocycles. The maximum absolute atomic E-state index is 11.0. The van der Waals surface area contributed by atoms with Gasteiger partial charge in [-0.1, -0.05) is 0 Å². The standard InChI is InChI=1S/2C7H7.2NO3.Pb/c2*1-7-5-3-2-4-6-7;2*2-1(3)4;/h2*3-6H,1H3;;;/q;;2*-1;+2. The monoisotopic (exact) mass is 514 g/mol. The van der Waals surface area contributed by atoms with Gasteiger partial charge in [0.2, 0.25) is 0 Å². The van der Waals surface area contributed by atoms with Gasteiger partial charge in [-0.3, -0.25) is 0 Å². The van der Waals surface area contributed by atoms with Crippen molar-refractivity contribution in [3.8, 4) is 0 Å². The van der Waals surface area contributed by atoms with E-state index in [1.807, 2.05) is 13.8 Å². The molecule has 0 radical (unpaired) electrons. The summed E-state index contributed by atoms with van der Waals surface area (Å²) < 4.78 is 10.5. The van der Waals surface area contributed by atoms with Crippen LogP contribution in [0.15, 0.2) is 48.5 Å². The molecule has 2 aromatic rings. The molecule has 0 heterocycles. The van der Waals surface area contributed by atoms with Crippen LogP contribution >= 0.6 is 0 Å². The first-order valence-corrected chi connectivity index (χ1v) is 13.7. The van der Waals surface area contributed by atoms with Crippen molar-refractivity contribution in [1.29, 1.82) is 0 Å². The summed E-state index contributed by atoms with van der Waals surface area (Å²) in [6.07, 6.45) is 0. The molecule has 2 rings (SSSR count). The summed E-state index contributed by atoms with van der Waals surface area (Å²) in [5.74, 6) is 0. The Bertz CT molecular complexity index is 654. The van der Waals surface area contributed by atoms with E-state index in [1.54, 1.807) is 48.5 Å². The molecule has 0 aliphatic carbocycles. The fraction of sp³-hybridized carbons (Fsp3) is 0.143. The first-order chi connectivity index (χ1) is 10.8. The number of nitrogens with zero attached hydrogens (tertiary/aromatic N) is 2. The fourth-order valence-corrected chi connectivity index (χ4v) is 11.6. The average molecular weight is 513 g/mol. The quantitative estimate of drug-likeness (QED) is 0.328. The van der Waals surface area contributed by atoms with Gasteiger partial charge in [0.05, 0.1) is 0 Å². The molecule has 0 bridgehead atoms. The molecule has 0 atom stereocenters. The normalized spacial score (nSPS) is 10.9. The van der Waals surface area contributed by atoms with Gasteiger partial charge in [0.25, 0.3) is 0 Å². The summed E-state index contributed by atoms with van der Waals surface area (Å²) in [4.78, 5) is 22.0. The molecule has 0 saturated heterocycles. The third-order valence-corrected chi connectivity index (χ3v) is 14.9. The van der Waals surface area contributed by atoms with Crippen LogP contribution in [0.3, 0.4) is 0 Å². The predicted molar refractivity (Wildman–Crippen MR) is 83.5 cm³/mol. The minimum atomic E-state index is -5.22. The van der Waals surface area contributed by atoms with Gasteiger partial charge in [0.1, 0.15) is 0 Å². The van der Waals surface area contributed by atoms with Gasteiger partial charge < -0.3 is 0 Å². The van der Waals surface area contributed by atoms with Gasteiger partial charge in [-0.2, -0.15) is 0 Å². The minimum absolute atomic E-state index is 0.361. The van der Waals surface area contributed by atoms with E-state index in [4.69, 9.17) is 5.58 Å². The van der Waals surface area contributed by atoms with Gasteiger partial charge in [-0.25, -0.2) is 0 Å². The molecule has 2 aromatic carbocycles. The molecular weight excluding hydrogens is 499 g/mol. The van der Waals surface area contributed by atoms with Crippen molar-refractivity contribution in [2.24, 2.45) is 0 Å². The van der Waals surface area contributed by atoms with Gasteiger partial charge in [0, 0.05) is 0 Å². The molecule has 0 spiro atoms. The number of hydrogen-bond donors (Lipinski definition) is 0. The summed E-state index contributed by atoms with van der Waals surface area (Å²) in [7, 11) is 0. The van der Waals surface area contributed by atoms with Crippen LogP contribution in [-0.4, -0.2) is 32.3 Å². The number of hydrogen-bond acceptors (Lipinski definition) is 6. The van der Waals surface area contributed by atoms with E-state index in [1.165, 1.54) is 0 Å². The van der Waals surface area contributed by atoms with Crippen LogP contribution in [0.25, 0.3) is 0 Å².